The number of carbonyl (C=O) groups excluding carboxylic acids is 2. The third kappa shape index (κ3) is 5.80. The zero-order chi connectivity index (χ0) is 21.6. The Bertz CT molecular complexity index is 959. The lowest BCUT2D eigenvalue weighted by Gasteiger charge is -2.30. The van der Waals surface area contributed by atoms with Crippen LogP contribution < -0.4 is 14.9 Å². The van der Waals surface area contributed by atoms with Gasteiger partial charge in [-0.3, -0.25) is 13.9 Å². The smallest absolute Gasteiger partial charge is 0.253 e. The van der Waals surface area contributed by atoms with E-state index in [4.69, 9.17) is 0 Å². The topological polar surface area (TPSA) is 95.6 Å². The molecule has 8 heteroatoms. The normalized spacial score (nSPS) is 12.3. The highest BCUT2D eigenvalue weighted by Crippen LogP contribution is 2.24. The third-order valence-electron chi connectivity index (χ3n) is 4.19. The van der Waals surface area contributed by atoms with Crippen LogP contribution in [-0.2, 0) is 14.8 Å². The summed E-state index contributed by atoms with van der Waals surface area (Å²) < 4.78 is 26.0. The van der Waals surface area contributed by atoms with E-state index in [0.29, 0.717) is 16.9 Å². The molecule has 0 unspecified atom stereocenters. The van der Waals surface area contributed by atoms with Crippen molar-refractivity contribution in [1.82, 2.24) is 5.32 Å². The van der Waals surface area contributed by atoms with Crippen LogP contribution in [-0.4, -0.2) is 38.6 Å². The average molecular weight is 418 g/mol. The summed E-state index contributed by atoms with van der Waals surface area (Å²) in [6.45, 7) is 5.43. The third-order valence-corrected chi connectivity index (χ3v) is 5.37. The van der Waals surface area contributed by atoms with Gasteiger partial charge in [-0.25, -0.2) is 8.42 Å². The molecule has 2 rings (SSSR count). The predicted molar refractivity (Wildman–Crippen MR) is 116 cm³/mol. The number of hydrogen-bond donors (Lipinski definition) is 2. The van der Waals surface area contributed by atoms with Gasteiger partial charge in [0, 0.05) is 6.04 Å². The molecule has 0 aliphatic heterocycles. The van der Waals surface area contributed by atoms with Crippen molar-refractivity contribution in [3.63, 3.8) is 0 Å². The van der Waals surface area contributed by atoms with Gasteiger partial charge >= 0.3 is 0 Å². The predicted octanol–water partition coefficient (Wildman–Crippen LogP) is 3.01. The largest absolute Gasteiger partial charge is 0.350 e. The monoisotopic (exact) mass is 417 g/mol. The minimum atomic E-state index is -3.72. The molecule has 0 spiro atoms. The summed E-state index contributed by atoms with van der Waals surface area (Å²) in [6.07, 6.45) is 1.33. The Morgan fingerprint density at radius 1 is 1.00 bits per heavy atom. The van der Waals surface area contributed by atoms with Crippen LogP contribution in [0.5, 0.6) is 0 Å². The number of sulfonamides is 1. The molecule has 0 radical (unpaired) electrons. The van der Waals surface area contributed by atoms with Crippen LogP contribution in [0.15, 0.2) is 54.6 Å². The van der Waals surface area contributed by atoms with Gasteiger partial charge in [-0.1, -0.05) is 37.3 Å². The molecule has 0 fully saturated rings. The van der Waals surface area contributed by atoms with Crippen molar-refractivity contribution in [3.05, 3.63) is 60.2 Å². The lowest BCUT2D eigenvalue weighted by molar-refractivity contribution is -0.117. The molecule has 7 nitrogen and oxygen atoms in total. The van der Waals surface area contributed by atoms with Crippen LogP contribution in [0.25, 0.3) is 0 Å². The van der Waals surface area contributed by atoms with Crippen molar-refractivity contribution in [2.45, 2.75) is 39.3 Å². The molecule has 2 aromatic rings. The zero-order valence-corrected chi connectivity index (χ0v) is 17.9. The highest BCUT2D eigenvalue weighted by Gasteiger charge is 2.32. The van der Waals surface area contributed by atoms with E-state index in [-0.39, 0.29) is 18.4 Å². The summed E-state index contributed by atoms with van der Waals surface area (Å²) in [7, 11) is -3.72. The fourth-order valence-electron chi connectivity index (χ4n) is 2.98. The second-order valence-corrected chi connectivity index (χ2v) is 8.84. The first-order valence-corrected chi connectivity index (χ1v) is 11.2. The molecule has 0 aromatic heterocycles. The first-order chi connectivity index (χ1) is 13.6. The van der Waals surface area contributed by atoms with Crippen LogP contribution in [0.2, 0.25) is 0 Å². The molecule has 0 heterocycles. The zero-order valence-electron chi connectivity index (χ0n) is 17.0. The van der Waals surface area contributed by atoms with Crippen LogP contribution in [0, 0.1) is 0 Å². The quantitative estimate of drug-likeness (QED) is 0.690. The number of amides is 2. The fraction of sp³-hybridized carbons (Fsp3) is 0.333. The first-order valence-electron chi connectivity index (χ1n) is 9.40. The van der Waals surface area contributed by atoms with Crippen molar-refractivity contribution in [1.29, 1.82) is 0 Å². The van der Waals surface area contributed by atoms with Gasteiger partial charge in [0.15, 0.2) is 0 Å². The Labute approximate surface area is 172 Å². The maximum absolute atomic E-state index is 13.1. The maximum atomic E-state index is 13.1. The van der Waals surface area contributed by atoms with E-state index in [9.17, 15) is 18.0 Å². The van der Waals surface area contributed by atoms with Gasteiger partial charge in [0.05, 0.1) is 23.2 Å². The average Bonchev–Trinajstić information content (AvgIpc) is 2.65. The van der Waals surface area contributed by atoms with Gasteiger partial charge in [0.2, 0.25) is 15.9 Å². The molecule has 29 heavy (non-hydrogen) atoms. The summed E-state index contributed by atoms with van der Waals surface area (Å²) in [5, 5.41) is 5.52. The summed E-state index contributed by atoms with van der Waals surface area (Å²) in [6, 6.07) is 14.1. The van der Waals surface area contributed by atoms with Gasteiger partial charge in [-0.05, 0) is 44.5 Å². The van der Waals surface area contributed by atoms with Gasteiger partial charge in [-0.15, -0.1) is 0 Å². The highest BCUT2D eigenvalue weighted by molar-refractivity contribution is 7.92. The maximum Gasteiger partial charge on any atom is 0.253 e. The second kappa shape index (κ2) is 9.56. The summed E-state index contributed by atoms with van der Waals surface area (Å²) >= 11 is 0. The van der Waals surface area contributed by atoms with E-state index >= 15 is 0 Å². The minimum Gasteiger partial charge on any atom is -0.350 e. The SMILES string of the molecule is CC[C@@H](C(=O)Nc1ccccc1C(=O)NC(C)C)N(c1ccccc1)S(C)(=O)=O. The molecular formula is C21H27N3O4S. The van der Waals surface area contributed by atoms with Crippen molar-refractivity contribution < 1.29 is 18.0 Å². The van der Waals surface area contributed by atoms with E-state index in [2.05, 4.69) is 10.6 Å². The number of carbonyl (C=O) groups is 2. The van der Waals surface area contributed by atoms with Gasteiger partial charge < -0.3 is 10.6 Å². The Morgan fingerprint density at radius 2 is 1.59 bits per heavy atom. The van der Waals surface area contributed by atoms with Gasteiger partial charge in [0.1, 0.15) is 6.04 Å². The molecule has 2 aromatic carbocycles. The lowest BCUT2D eigenvalue weighted by Crippen LogP contribution is -2.47. The van der Waals surface area contributed by atoms with Crippen LogP contribution in [0.4, 0.5) is 11.4 Å². The van der Waals surface area contributed by atoms with E-state index < -0.39 is 22.0 Å². The molecule has 0 saturated carbocycles. The number of rotatable bonds is 8. The molecular weight excluding hydrogens is 390 g/mol. The summed E-state index contributed by atoms with van der Waals surface area (Å²) in [4.78, 5) is 25.5. The molecule has 0 saturated heterocycles. The van der Waals surface area contributed by atoms with Crippen molar-refractivity contribution in [3.8, 4) is 0 Å². The summed E-state index contributed by atoms with van der Waals surface area (Å²) in [5.41, 5.74) is 1.05. The summed E-state index contributed by atoms with van der Waals surface area (Å²) in [5.74, 6) is -0.821. The molecule has 0 aliphatic rings. The molecule has 0 bridgehead atoms. The standard InChI is InChI=1S/C21H27N3O4S/c1-5-19(24(29(4,27)28)16-11-7-6-8-12-16)21(26)23-18-14-10-9-13-17(18)20(25)22-15(2)3/h6-15,19H,5H2,1-4H3,(H,22,25)(H,23,26)/t19-/m0/s1. The minimum absolute atomic E-state index is 0.0616. The number of benzene rings is 2. The second-order valence-electron chi connectivity index (χ2n) is 6.98. The van der Waals surface area contributed by atoms with E-state index in [1.807, 2.05) is 13.8 Å². The lowest BCUT2D eigenvalue weighted by atomic mass is 10.1. The van der Waals surface area contributed by atoms with E-state index in [1.165, 1.54) is 0 Å². The first kappa shape index (κ1) is 22.4. The van der Waals surface area contributed by atoms with Crippen LogP contribution >= 0.6 is 0 Å². The number of nitrogens with zero attached hydrogens (tertiary/aromatic N) is 1. The Hall–Kier alpha value is -2.87. The molecule has 0 aliphatic carbocycles. The Kier molecular flexibility index (Phi) is 7.39. The number of para-hydroxylation sites is 2. The number of nitrogens with one attached hydrogen (secondary N) is 2. The van der Waals surface area contributed by atoms with Crippen molar-refractivity contribution in [2.24, 2.45) is 0 Å². The molecule has 156 valence electrons. The fourth-order valence-corrected chi connectivity index (χ4v) is 4.19. The van der Waals surface area contributed by atoms with Gasteiger partial charge in [0.25, 0.3) is 5.91 Å². The molecule has 1 atom stereocenters. The number of anilines is 2. The van der Waals surface area contributed by atoms with Gasteiger partial charge in [-0.2, -0.15) is 0 Å². The van der Waals surface area contributed by atoms with Crippen LogP contribution in [0.1, 0.15) is 37.6 Å². The van der Waals surface area contributed by atoms with Crippen LogP contribution in [0.3, 0.4) is 0 Å². The van der Waals surface area contributed by atoms with Crippen molar-refractivity contribution >= 4 is 33.2 Å². The van der Waals surface area contributed by atoms with E-state index in [1.54, 1.807) is 61.5 Å². The Morgan fingerprint density at radius 3 is 2.14 bits per heavy atom. The molecule has 2 N–H and O–H groups in total. The highest BCUT2D eigenvalue weighted by atomic mass is 32.2. The number of hydrogen-bond acceptors (Lipinski definition) is 4. The molecule has 2 amide bonds. The van der Waals surface area contributed by atoms with Crippen molar-refractivity contribution in [2.75, 3.05) is 15.9 Å². The Balaban J connectivity index is 2.36. The van der Waals surface area contributed by atoms with E-state index in [0.717, 1.165) is 10.6 Å².